The van der Waals surface area contributed by atoms with Crippen molar-refractivity contribution in [3.05, 3.63) is 75.6 Å². The summed E-state index contributed by atoms with van der Waals surface area (Å²) in [5.74, 6) is 0.750. The Morgan fingerprint density at radius 3 is 2.43 bits per heavy atom. The molecule has 30 heavy (non-hydrogen) atoms. The van der Waals surface area contributed by atoms with Gasteiger partial charge in [-0.15, -0.1) is 0 Å². The van der Waals surface area contributed by atoms with E-state index < -0.39 is 6.04 Å². The molecule has 1 amide bonds. The van der Waals surface area contributed by atoms with E-state index in [0.717, 1.165) is 37.0 Å². The largest absolute Gasteiger partial charge is 0.494 e. The number of carbonyl (C=O) groups excluding carboxylic acids is 1. The van der Waals surface area contributed by atoms with E-state index in [1.165, 1.54) is 0 Å². The molecule has 5 nitrogen and oxygen atoms in total. The molecule has 2 heterocycles. The van der Waals surface area contributed by atoms with Crippen LogP contribution in [-0.2, 0) is 0 Å². The second kappa shape index (κ2) is 8.74. The highest BCUT2D eigenvalue weighted by Gasteiger charge is 2.42. The van der Waals surface area contributed by atoms with Crippen molar-refractivity contribution in [2.75, 3.05) is 13.2 Å². The van der Waals surface area contributed by atoms with E-state index in [4.69, 9.17) is 9.15 Å². The van der Waals surface area contributed by atoms with Gasteiger partial charge in [0, 0.05) is 6.54 Å². The molecule has 0 aliphatic carbocycles. The van der Waals surface area contributed by atoms with Gasteiger partial charge in [-0.3, -0.25) is 9.59 Å². The second-order valence-corrected chi connectivity index (χ2v) is 7.70. The van der Waals surface area contributed by atoms with Crippen molar-refractivity contribution < 1.29 is 13.9 Å². The standard InChI is InChI=1S/C25H27NO4/c1-3-5-15-26-22(17-11-13-18(14-12-17)29-16-6-4-2)21-23(27)19-9-7-8-10-20(19)30-24(21)25(26)28/h7-14,22H,3-6,15-16H2,1-2H3/t22-/m1/s1. The van der Waals surface area contributed by atoms with E-state index >= 15 is 0 Å². The first-order valence-electron chi connectivity index (χ1n) is 10.7. The van der Waals surface area contributed by atoms with Crippen molar-refractivity contribution in [2.24, 2.45) is 0 Å². The van der Waals surface area contributed by atoms with Crippen LogP contribution in [0.15, 0.2) is 57.7 Å². The monoisotopic (exact) mass is 405 g/mol. The topological polar surface area (TPSA) is 59.8 Å². The first kappa shape index (κ1) is 20.2. The average Bonchev–Trinajstić information content (AvgIpc) is 3.05. The Morgan fingerprint density at radius 1 is 0.967 bits per heavy atom. The van der Waals surface area contributed by atoms with Crippen LogP contribution in [0.5, 0.6) is 5.75 Å². The minimum Gasteiger partial charge on any atom is -0.494 e. The van der Waals surface area contributed by atoms with Gasteiger partial charge < -0.3 is 14.1 Å². The zero-order valence-electron chi connectivity index (χ0n) is 17.5. The van der Waals surface area contributed by atoms with Crippen molar-refractivity contribution in [1.29, 1.82) is 0 Å². The molecule has 4 rings (SSSR count). The lowest BCUT2D eigenvalue weighted by Gasteiger charge is -2.25. The number of benzene rings is 2. The SMILES string of the molecule is CCCCOc1ccc([C@@H]2c3c(oc4ccccc4c3=O)C(=O)N2CCCC)cc1. The molecule has 1 aliphatic heterocycles. The summed E-state index contributed by atoms with van der Waals surface area (Å²) in [6.07, 6.45) is 3.91. The van der Waals surface area contributed by atoms with Crippen LogP contribution < -0.4 is 10.2 Å². The predicted octanol–water partition coefficient (Wildman–Crippen LogP) is 5.32. The summed E-state index contributed by atoms with van der Waals surface area (Å²) >= 11 is 0. The third-order valence-corrected chi connectivity index (χ3v) is 5.59. The molecule has 0 saturated carbocycles. The number of rotatable bonds is 8. The third-order valence-electron chi connectivity index (χ3n) is 5.59. The number of nitrogens with zero attached hydrogens (tertiary/aromatic N) is 1. The maximum Gasteiger partial charge on any atom is 0.290 e. The highest BCUT2D eigenvalue weighted by Crippen LogP contribution is 2.38. The number of carbonyl (C=O) groups is 1. The zero-order valence-corrected chi connectivity index (χ0v) is 17.5. The predicted molar refractivity (Wildman–Crippen MR) is 117 cm³/mol. The zero-order chi connectivity index (χ0) is 21.1. The molecule has 5 heteroatoms. The normalized spacial score (nSPS) is 15.6. The van der Waals surface area contributed by atoms with Gasteiger partial charge in [0.2, 0.25) is 5.76 Å². The highest BCUT2D eigenvalue weighted by atomic mass is 16.5. The molecule has 0 saturated heterocycles. The van der Waals surface area contributed by atoms with Crippen LogP contribution in [0.4, 0.5) is 0 Å². The van der Waals surface area contributed by atoms with Crippen LogP contribution in [0.1, 0.15) is 67.3 Å². The van der Waals surface area contributed by atoms with Crippen LogP contribution >= 0.6 is 0 Å². The lowest BCUT2D eigenvalue weighted by atomic mass is 9.98. The summed E-state index contributed by atoms with van der Waals surface area (Å²) < 4.78 is 11.7. The van der Waals surface area contributed by atoms with Gasteiger partial charge in [-0.2, -0.15) is 0 Å². The molecule has 1 aromatic heterocycles. The van der Waals surface area contributed by atoms with Crippen LogP contribution in [-0.4, -0.2) is 24.0 Å². The fourth-order valence-corrected chi connectivity index (χ4v) is 3.95. The van der Waals surface area contributed by atoms with Gasteiger partial charge in [0.25, 0.3) is 5.91 Å². The molecule has 156 valence electrons. The molecule has 0 radical (unpaired) electrons. The van der Waals surface area contributed by atoms with E-state index in [2.05, 4.69) is 13.8 Å². The Labute approximate surface area is 176 Å². The number of para-hydroxylation sites is 1. The van der Waals surface area contributed by atoms with Gasteiger partial charge in [0.15, 0.2) is 5.43 Å². The summed E-state index contributed by atoms with van der Waals surface area (Å²) in [7, 11) is 0. The first-order chi connectivity index (χ1) is 14.7. The molecule has 0 unspecified atom stereocenters. The lowest BCUT2D eigenvalue weighted by molar-refractivity contribution is 0.0725. The minimum absolute atomic E-state index is 0.132. The van der Waals surface area contributed by atoms with Crippen molar-refractivity contribution in [1.82, 2.24) is 4.90 Å². The number of hydrogen-bond donors (Lipinski definition) is 0. The van der Waals surface area contributed by atoms with Gasteiger partial charge in [-0.25, -0.2) is 0 Å². The van der Waals surface area contributed by atoms with Crippen LogP contribution in [0.25, 0.3) is 11.0 Å². The summed E-state index contributed by atoms with van der Waals surface area (Å²) in [6, 6.07) is 14.4. The molecule has 1 atom stereocenters. The van der Waals surface area contributed by atoms with E-state index in [0.29, 0.717) is 29.7 Å². The van der Waals surface area contributed by atoms with E-state index in [-0.39, 0.29) is 17.1 Å². The fraction of sp³-hybridized carbons (Fsp3) is 0.360. The molecule has 0 fully saturated rings. The van der Waals surface area contributed by atoms with Gasteiger partial charge in [-0.1, -0.05) is 51.0 Å². The average molecular weight is 405 g/mol. The van der Waals surface area contributed by atoms with Gasteiger partial charge in [0.1, 0.15) is 11.3 Å². The number of ether oxygens (including phenoxy) is 1. The molecule has 0 bridgehead atoms. The van der Waals surface area contributed by atoms with Crippen LogP contribution in [0.3, 0.4) is 0 Å². The Kier molecular flexibility index (Phi) is 5.88. The van der Waals surface area contributed by atoms with Gasteiger partial charge in [-0.05, 0) is 42.7 Å². The maximum absolute atomic E-state index is 13.3. The van der Waals surface area contributed by atoms with Crippen LogP contribution in [0.2, 0.25) is 0 Å². The van der Waals surface area contributed by atoms with E-state index in [1.54, 1.807) is 23.1 Å². The Hall–Kier alpha value is -3.08. The highest BCUT2D eigenvalue weighted by molar-refractivity contribution is 5.99. The molecular formula is C25H27NO4. The lowest BCUT2D eigenvalue weighted by Crippen LogP contribution is -2.30. The van der Waals surface area contributed by atoms with Crippen molar-refractivity contribution in [3.63, 3.8) is 0 Å². The summed E-state index contributed by atoms with van der Waals surface area (Å²) in [5, 5.41) is 0.505. The number of fused-ring (bicyclic) bond motifs is 2. The molecule has 2 aromatic carbocycles. The van der Waals surface area contributed by atoms with Crippen molar-refractivity contribution >= 4 is 16.9 Å². The third kappa shape index (κ3) is 3.60. The van der Waals surface area contributed by atoms with E-state index in [9.17, 15) is 9.59 Å². The summed E-state index contributed by atoms with van der Waals surface area (Å²) in [5.41, 5.74) is 1.65. The molecule has 0 spiro atoms. The Bertz CT molecular complexity index is 1100. The van der Waals surface area contributed by atoms with E-state index in [1.807, 2.05) is 30.3 Å². The van der Waals surface area contributed by atoms with Gasteiger partial charge in [0.05, 0.1) is 23.6 Å². The van der Waals surface area contributed by atoms with Gasteiger partial charge >= 0.3 is 0 Å². The molecule has 1 aliphatic rings. The molecule has 0 N–H and O–H groups in total. The summed E-state index contributed by atoms with van der Waals surface area (Å²) in [6.45, 7) is 5.47. The number of hydrogen-bond acceptors (Lipinski definition) is 4. The Morgan fingerprint density at radius 2 is 1.70 bits per heavy atom. The molecule has 3 aromatic rings. The molecular weight excluding hydrogens is 378 g/mol. The quantitative estimate of drug-likeness (QED) is 0.476. The second-order valence-electron chi connectivity index (χ2n) is 7.70. The number of amides is 1. The summed E-state index contributed by atoms with van der Waals surface area (Å²) in [4.78, 5) is 28.3. The number of unbranched alkanes of at least 4 members (excludes halogenated alkanes) is 2. The van der Waals surface area contributed by atoms with Crippen LogP contribution in [0, 0.1) is 0 Å². The van der Waals surface area contributed by atoms with Crippen molar-refractivity contribution in [3.8, 4) is 5.75 Å². The fourth-order valence-electron chi connectivity index (χ4n) is 3.95. The Balaban J connectivity index is 1.78. The van der Waals surface area contributed by atoms with Crippen molar-refractivity contribution in [2.45, 2.75) is 45.6 Å². The maximum atomic E-state index is 13.3. The first-order valence-corrected chi connectivity index (χ1v) is 10.7. The minimum atomic E-state index is -0.440. The smallest absolute Gasteiger partial charge is 0.290 e.